The van der Waals surface area contributed by atoms with E-state index in [1.807, 2.05) is 0 Å². The molecule has 0 bridgehead atoms. The second-order valence-corrected chi connectivity index (χ2v) is 3.33. The van der Waals surface area contributed by atoms with Gasteiger partial charge in [-0.15, -0.1) is 0 Å². The highest BCUT2D eigenvalue weighted by Gasteiger charge is 2.25. The summed E-state index contributed by atoms with van der Waals surface area (Å²) in [4.78, 5) is 11.5. The molecule has 1 saturated carbocycles. The van der Waals surface area contributed by atoms with Crippen LogP contribution in [0.5, 0.6) is 0 Å². The largest absolute Gasteiger partial charge is 0.382 e. The van der Waals surface area contributed by atoms with Crippen LogP contribution in [0, 0.1) is 0 Å². The molecule has 3 N–H and O–H groups in total. The number of carbonyl (C=O) groups excluding carboxylic acids is 1. The highest BCUT2D eigenvalue weighted by Crippen LogP contribution is 2.19. The van der Waals surface area contributed by atoms with Crippen LogP contribution in [0.3, 0.4) is 0 Å². The van der Waals surface area contributed by atoms with Crippen molar-refractivity contribution in [2.45, 2.75) is 18.9 Å². The molecule has 13 heavy (non-hydrogen) atoms. The number of nitrogens with zero attached hydrogens (tertiary/aromatic N) is 2. The Morgan fingerprint density at radius 3 is 2.92 bits per heavy atom. The van der Waals surface area contributed by atoms with Gasteiger partial charge in [-0.1, -0.05) is 0 Å². The van der Waals surface area contributed by atoms with Gasteiger partial charge in [0.2, 0.25) is 0 Å². The number of aryl methyl sites for hydroxylation is 1. The molecule has 0 spiro atoms. The summed E-state index contributed by atoms with van der Waals surface area (Å²) < 4.78 is 1.49. The summed E-state index contributed by atoms with van der Waals surface area (Å²) >= 11 is 0. The normalized spacial score (nSPS) is 15.8. The number of carbonyl (C=O) groups is 1. The van der Waals surface area contributed by atoms with Crippen LogP contribution in [0.4, 0.5) is 5.82 Å². The van der Waals surface area contributed by atoms with E-state index in [-0.39, 0.29) is 5.91 Å². The molecule has 1 aromatic heterocycles. The monoisotopic (exact) mass is 180 g/mol. The first-order valence-electron chi connectivity index (χ1n) is 4.27. The minimum absolute atomic E-state index is 0.0887. The van der Waals surface area contributed by atoms with Crippen molar-refractivity contribution in [3.63, 3.8) is 0 Å². The molecule has 0 unspecified atom stereocenters. The van der Waals surface area contributed by atoms with Crippen molar-refractivity contribution >= 4 is 11.7 Å². The van der Waals surface area contributed by atoms with Crippen LogP contribution in [-0.4, -0.2) is 21.7 Å². The topological polar surface area (TPSA) is 72.9 Å². The third-order valence-corrected chi connectivity index (χ3v) is 2.04. The lowest BCUT2D eigenvalue weighted by Gasteiger charge is -2.01. The van der Waals surface area contributed by atoms with Gasteiger partial charge in [0, 0.05) is 19.2 Å². The third kappa shape index (κ3) is 1.63. The van der Waals surface area contributed by atoms with Crippen molar-refractivity contribution in [1.82, 2.24) is 15.1 Å². The van der Waals surface area contributed by atoms with Crippen molar-refractivity contribution in [3.8, 4) is 0 Å². The number of hydrogen-bond acceptors (Lipinski definition) is 3. The summed E-state index contributed by atoms with van der Waals surface area (Å²) in [6.07, 6.45) is 2.16. The van der Waals surface area contributed by atoms with Crippen molar-refractivity contribution in [2.75, 3.05) is 5.73 Å². The number of nitrogens with one attached hydrogen (secondary N) is 1. The number of nitrogen functional groups attached to an aromatic ring is 1. The molecule has 0 aromatic carbocycles. The summed E-state index contributed by atoms with van der Waals surface area (Å²) in [5.41, 5.74) is 5.97. The van der Waals surface area contributed by atoms with Gasteiger partial charge in [-0.3, -0.25) is 9.48 Å². The average Bonchev–Trinajstić information content (AvgIpc) is 2.77. The molecule has 1 heterocycles. The van der Waals surface area contributed by atoms with Crippen molar-refractivity contribution in [3.05, 3.63) is 11.8 Å². The van der Waals surface area contributed by atoms with Gasteiger partial charge in [-0.05, 0) is 12.8 Å². The Morgan fingerprint density at radius 1 is 1.77 bits per heavy atom. The maximum absolute atomic E-state index is 11.5. The molecule has 0 saturated heterocycles. The van der Waals surface area contributed by atoms with Gasteiger partial charge in [0.15, 0.2) is 0 Å². The van der Waals surface area contributed by atoms with Gasteiger partial charge in [0.25, 0.3) is 5.91 Å². The molecule has 70 valence electrons. The third-order valence-electron chi connectivity index (χ3n) is 2.04. The maximum Gasteiger partial charge on any atom is 0.269 e. The van der Waals surface area contributed by atoms with Gasteiger partial charge >= 0.3 is 0 Å². The number of anilines is 1. The second-order valence-electron chi connectivity index (χ2n) is 3.33. The molecule has 5 nitrogen and oxygen atoms in total. The Bertz CT molecular complexity index is 340. The molecule has 1 aliphatic rings. The highest BCUT2D eigenvalue weighted by molar-refractivity contribution is 5.93. The highest BCUT2D eigenvalue weighted by atomic mass is 16.2. The molecule has 1 amide bonds. The Hall–Kier alpha value is -1.52. The van der Waals surface area contributed by atoms with E-state index < -0.39 is 0 Å². The average molecular weight is 180 g/mol. The van der Waals surface area contributed by atoms with E-state index >= 15 is 0 Å². The predicted molar refractivity (Wildman–Crippen MR) is 48.1 cm³/mol. The molecule has 1 aromatic rings. The Kier molecular flexibility index (Phi) is 1.72. The standard InChI is InChI=1S/C8H12N4O/c1-12-6(4-7(9)11-12)8(13)10-5-2-3-5/h4-5H,2-3H2,1H3,(H2,9,11)(H,10,13). The number of amides is 1. The number of hydrogen-bond donors (Lipinski definition) is 2. The van der Waals surface area contributed by atoms with Crippen LogP contribution in [0.15, 0.2) is 6.07 Å². The lowest BCUT2D eigenvalue weighted by atomic mass is 10.4. The quantitative estimate of drug-likeness (QED) is 0.667. The van der Waals surface area contributed by atoms with Gasteiger partial charge < -0.3 is 11.1 Å². The SMILES string of the molecule is Cn1nc(N)cc1C(=O)NC1CC1. The van der Waals surface area contributed by atoms with Gasteiger partial charge in [-0.25, -0.2) is 0 Å². The molecule has 0 radical (unpaired) electrons. The fraction of sp³-hybridized carbons (Fsp3) is 0.500. The zero-order valence-electron chi connectivity index (χ0n) is 7.45. The first-order chi connectivity index (χ1) is 6.16. The summed E-state index contributed by atoms with van der Waals surface area (Å²) in [5, 5.41) is 6.76. The van der Waals surface area contributed by atoms with Crippen LogP contribution in [0.1, 0.15) is 23.3 Å². The molecule has 5 heteroatoms. The van der Waals surface area contributed by atoms with Crippen molar-refractivity contribution in [2.24, 2.45) is 7.05 Å². The summed E-state index contributed by atoms with van der Waals surface area (Å²) in [6, 6.07) is 1.95. The molecular formula is C8H12N4O. The van der Waals surface area contributed by atoms with E-state index in [9.17, 15) is 4.79 Å². The smallest absolute Gasteiger partial charge is 0.269 e. The van der Waals surface area contributed by atoms with Crippen LogP contribution >= 0.6 is 0 Å². The molecular weight excluding hydrogens is 168 g/mol. The Labute approximate surface area is 75.9 Å². The summed E-state index contributed by atoms with van der Waals surface area (Å²) in [6.45, 7) is 0. The zero-order valence-corrected chi connectivity index (χ0v) is 7.45. The van der Waals surface area contributed by atoms with E-state index in [1.165, 1.54) is 4.68 Å². The Balaban J connectivity index is 2.13. The van der Waals surface area contributed by atoms with E-state index in [0.717, 1.165) is 12.8 Å². The number of nitrogens with two attached hydrogens (primary N) is 1. The number of rotatable bonds is 2. The van der Waals surface area contributed by atoms with E-state index in [4.69, 9.17) is 5.73 Å². The lowest BCUT2D eigenvalue weighted by molar-refractivity contribution is 0.0941. The fourth-order valence-electron chi connectivity index (χ4n) is 1.19. The van der Waals surface area contributed by atoms with Crippen LogP contribution in [0.2, 0.25) is 0 Å². The molecule has 0 aliphatic heterocycles. The van der Waals surface area contributed by atoms with E-state index in [0.29, 0.717) is 17.6 Å². The van der Waals surface area contributed by atoms with Crippen LogP contribution in [0.25, 0.3) is 0 Å². The van der Waals surface area contributed by atoms with Gasteiger partial charge in [0.1, 0.15) is 11.5 Å². The lowest BCUT2D eigenvalue weighted by Crippen LogP contribution is -2.27. The van der Waals surface area contributed by atoms with E-state index in [2.05, 4.69) is 10.4 Å². The van der Waals surface area contributed by atoms with Crippen LogP contribution in [-0.2, 0) is 7.05 Å². The zero-order chi connectivity index (χ0) is 9.42. The van der Waals surface area contributed by atoms with Gasteiger partial charge in [-0.2, -0.15) is 5.10 Å². The molecule has 0 atom stereocenters. The minimum Gasteiger partial charge on any atom is -0.382 e. The Morgan fingerprint density at radius 2 is 2.46 bits per heavy atom. The number of aromatic nitrogens is 2. The first-order valence-corrected chi connectivity index (χ1v) is 4.27. The maximum atomic E-state index is 11.5. The fourth-order valence-corrected chi connectivity index (χ4v) is 1.19. The minimum atomic E-state index is -0.0887. The summed E-state index contributed by atoms with van der Waals surface area (Å²) in [5.74, 6) is 0.289. The predicted octanol–water partition coefficient (Wildman–Crippen LogP) is -0.106. The van der Waals surface area contributed by atoms with Crippen molar-refractivity contribution < 1.29 is 4.79 Å². The molecule has 1 fully saturated rings. The van der Waals surface area contributed by atoms with Crippen LogP contribution < -0.4 is 11.1 Å². The van der Waals surface area contributed by atoms with Crippen molar-refractivity contribution in [1.29, 1.82) is 0 Å². The van der Waals surface area contributed by atoms with Gasteiger partial charge in [0.05, 0.1) is 0 Å². The second kappa shape index (κ2) is 2.76. The van der Waals surface area contributed by atoms with E-state index in [1.54, 1.807) is 13.1 Å². The molecule has 1 aliphatic carbocycles. The summed E-state index contributed by atoms with van der Waals surface area (Å²) in [7, 11) is 1.71. The first kappa shape index (κ1) is 8.10. The molecule has 2 rings (SSSR count).